The SMILES string of the molecule is CCc1c(NC)ncnc1NC(C)CCC(C)C. The van der Waals surface area contributed by atoms with Crippen LogP contribution in [-0.2, 0) is 6.42 Å². The molecule has 0 fully saturated rings. The summed E-state index contributed by atoms with van der Waals surface area (Å²) in [5, 5.41) is 6.62. The number of anilines is 2. The Morgan fingerprint density at radius 3 is 2.33 bits per heavy atom. The topological polar surface area (TPSA) is 49.8 Å². The van der Waals surface area contributed by atoms with Crippen molar-refractivity contribution in [3.05, 3.63) is 11.9 Å². The standard InChI is InChI=1S/C14H26N4/c1-6-12-13(15-5)16-9-17-14(12)18-11(4)8-7-10(2)3/h9-11H,6-8H2,1-5H3,(H2,15,16,17,18). The van der Waals surface area contributed by atoms with Crippen molar-refractivity contribution >= 4 is 11.6 Å². The number of nitrogens with one attached hydrogen (secondary N) is 2. The van der Waals surface area contributed by atoms with Crippen LogP contribution in [0.3, 0.4) is 0 Å². The Balaban J connectivity index is 2.71. The van der Waals surface area contributed by atoms with Gasteiger partial charge >= 0.3 is 0 Å². The van der Waals surface area contributed by atoms with Crippen molar-refractivity contribution < 1.29 is 0 Å². The van der Waals surface area contributed by atoms with Gasteiger partial charge in [0.1, 0.15) is 18.0 Å². The summed E-state index contributed by atoms with van der Waals surface area (Å²) in [6, 6.07) is 0.442. The molecule has 1 rings (SSSR count). The van der Waals surface area contributed by atoms with Gasteiger partial charge in [0, 0.05) is 18.7 Å². The van der Waals surface area contributed by atoms with E-state index in [0.717, 1.165) is 29.5 Å². The summed E-state index contributed by atoms with van der Waals surface area (Å²) in [5.74, 6) is 2.64. The van der Waals surface area contributed by atoms with Crippen LogP contribution in [0.15, 0.2) is 6.33 Å². The predicted molar refractivity (Wildman–Crippen MR) is 78.1 cm³/mol. The maximum absolute atomic E-state index is 4.36. The monoisotopic (exact) mass is 250 g/mol. The third-order valence-corrected chi connectivity index (χ3v) is 3.10. The molecule has 1 heterocycles. The van der Waals surface area contributed by atoms with Gasteiger partial charge in [-0.15, -0.1) is 0 Å². The Hall–Kier alpha value is -1.32. The molecule has 18 heavy (non-hydrogen) atoms. The number of hydrogen-bond donors (Lipinski definition) is 2. The first-order valence-corrected chi connectivity index (χ1v) is 6.86. The van der Waals surface area contributed by atoms with E-state index in [-0.39, 0.29) is 0 Å². The van der Waals surface area contributed by atoms with Crippen molar-refractivity contribution in [2.45, 2.75) is 53.0 Å². The first-order chi connectivity index (χ1) is 8.58. The van der Waals surface area contributed by atoms with Crippen LogP contribution in [0.2, 0.25) is 0 Å². The molecule has 102 valence electrons. The van der Waals surface area contributed by atoms with Crippen molar-refractivity contribution in [1.29, 1.82) is 0 Å². The zero-order chi connectivity index (χ0) is 13.5. The molecule has 0 bridgehead atoms. The Kier molecular flexibility index (Phi) is 5.89. The van der Waals surface area contributed by atoms with E-state index < -0.39 is 0 Å². The lowest BCUT2D eigenvalue weighted by atomic mass is 10.0. The van der Waals surface area contributed by atoms with E-state index in [0.29, 0.717) is 6.04 Å². The van der Waals surface area contributed by atoms with Gasteiger partial charge < -0.3 is 10.6 Å². The summed E-state index contributed by atoms with van der Waals surface area (Å²) >= 11 is 0. The largest absolute Gasteiger partial charge is 0.373 e. The average molecular weight is 250 g/mol. The minimum atomic E-state index is 0.442. The number of aromatic nitrogens is 2. The second kappa shape index (κ2) is 7.19. The molecule has 0 radical (unpaired) electrons. The summed E-state index contributed by atoms with van der Waals surface area (Å²) in [6.45, 7) is 8.86. The molecule has 0 aliphatic carbocycles. The van der Waals surface area contributed by atoms with E-state index in [1.165, 1.54) is 12.8 Å². The maximum Gasteiger partial charge on any atom is 0.134 e. The maximum atomic E-state index is 4.36. The molecule has 4 heteroatoms. The highest BCUT2D eigenvalue weighted by atomic mass is 15.1. The highest BCUT2D eigenvalue weighted by Crippen LogP contribution is 2.21. The normalized spacial score (nSPS) is 12.6. The fraction of sp³-hybridized carbons (Fsp3) is 0.714. The zero-order valence-electron chi connectivity index (χ0n) is 12.2. The first-order valence-electron chi connectivity index (χ1n) is 6.86. The highest BCUT2D eigenvalue weighted by Gasteiger charge is 2.11. The van der Waals surface area contributed by atoms with Crippen molar-refractivity contribution in [3.63, 3.8) is 0 Å². The molecular weight excluding hydrogens is 224 g/mol. The van der Waals surface area contributed by atoms with Gasteiger partial charge in [-0.3, -0.25) is 0 Å². The molecule has 1 unspecified atom stereocenters. The van der Waals surface area contributed by atoms with Crippen molar-refractivity contribution in [2.24, 2.45) is 5.92 Å². The summed E-state index contributed by atoms with van der Waals surface area (Å²) in [7, 11) is 1.90. The van der Waals surface area contributed by atoms with Crippen LogP contribution in [0.25, 0.3) is 0 Å². The molecule has 0 saturated heterocycles. The van der Waals surface area contributed by atoms with Gasteiger partial charge in [0.2, 0.25) is 0 Å². The smallest absolute Gasteiger partial charge is 0.134 e. The Labute approximate surface area is 111 Å². The molecule has 0 saturated carbocycles. The number of nitrogens with zero attached hydrogens (tertiary/aromatic N) is 2. The Morgan fingerprint density at radius 2 is 1.78 bits per heavy atom. The molecule has 1 aromatic heterocycles. The highest BCUT2D eigenvalue weighted by molar-refractivity contribution is 5.57. The van der Waals surface area contributed by atoms with E-state index in [9.17, 15) is 0 Å². The second-order valence-electron chi connectivity index (χ2n) is 5.17. The lowest BCUT2D eigenvalue weighted by molar-refractivity contribution is 0.527. The minimum absolute atomic E-state index is 0.442. The Bertz CT molecular complexity index is 363. The number of rotatable bonds is 7. The second-order valence-corrected chi connectivity index (χ2v) is 5.17. The van der Waals surface area contributed by atoms with Crippen molar-refractivity contribution in [1.82, 2.24) is 9.97 Å². The van der Waals surface area contributed by atoms with Gasteiger partial charge in [-0.05, 0) is 32.1 Å². The molecule has 0 aliphatic rings. The summed E-state index contributed by atoms with van der Waals surface area (Å²) < 4.78 is 0. The van der Waals surface area contributed by atoms with E-state index in [4.69, 9.17) is 0 Å². The lowest BCUT2D eigenvalue weighted by Crippen LogP contribution is -2.18. The van der Waals surface area contributed by atoms with Crippen LogP contribution in [0.4, 0.5) is 11.6 Å². The zero-order valence-corrected chi connectivity index (χ0v) is 12.2. The molecule has 0 aromatic carbocycles. The molecule has 1 atom stereocenters. The van der Waals surface area contributed by atoms with E-state index >= 15 is 0 Å². The fourth-order valence-electron chi connectivity index (χ4n) is 1.98. The van der Waals surface area contributed by atoms with Gasteiger partial charge in [-0.2, -0.15) is 0 Å². The molecule has 0 spiro atoms. The minimum Gasteiger partial charge on any atom is -0.373 e. The molecular formula is C14H26N4. The summed E-state index contributed by atoms with van der Waals surface area (Å²) in [5.41, 5.74) is 1.16. The fourth-order valence-corrected chi connectivity index (χ4v) is 1.98. The third kappa shape index (κ3) is 4.17. The third-order valence-electron chi connectivity index (χ3n) is 3.10. The van der Waals surface area contributed by atoms with Gasteiger partial charge in [0.05, 0.1) is 0 Å². The quantitative estimate of drug-likeness (QED) is 0.779. The lowest BCUT2D eigenvalue weighted by Gasteiger charge is -2.18. The van der Waals surface area contributed by atoms with Gasteiger partial charge in [0.15, 0.2) is 0 Å². The summed E-state index contributed by atoms with van der Waals surface area (Å²) in [6.07, 6.45) is 4.94. The van der Waals surface area contributed by atoms with Crippen LogP contribution in [0, 0.1) is 5.92 Å². The van der Waals surface area contributed by atoms with Gasteiger partial charge in [-0.25, -0.2) is 9.97 Å². The van der Waals surface area contributed by atoms with Crippen LogP contribution >= 0.6 is 0 Å². The van der Waals surface area contributed by atoms with Crippen LogP contribution in [0.5, 0.6) is 0 Å². The van der Waals surface area contributed by atoms with Crippen LogP contribution in [0.1, 0.15) is 46.1 Å². The summed E-state index contributed by atoms with van der Waals surface area (Å²) in [4.78, 5) is 8.61. The van der Waals surface area contributed by atoms with Crippen molar-refractivity contribution in [3.8, 4) is 0 Å². The Morgan fingerprint density at radius 1 is 1.11 bits per heavy atom. The van der Waals surface area contributed by atoms with Crippen LogP contribution < -0.4 is 10.6 Å². The predicted octanol–water partition coefficient (Wildman–Crippen LogP) is 3.32. The van der Waals surface area contributed by atoms with Gasteiger partial charge in [-0.1, -0.05) is 20.8 Å². The molecule has 0 aliphatic heterocycles. The average Bonchev–Trinajstić information content (AvgIpc) is 2.36. The molecule has 4 nitrogen and oxygen atoms in total. The van der Waals surface area contributed by atoms with E-state index in [2.05, 4.69) is 48.3 Å². The van der Waals surface area contributed by atoms with Gasteiger partial charge in [0.25, 0.3) is 0 Å². The molecule has 0 amide bonds. The molecule has 2 N–H and O–H groups in total. The first kappa shape index (κ1) is 14.7. The number of hydrogen-bond acceptors (Lipinski definition) is 4. The van der Waals surface area contributed by atoms with Crippen molar-refractivity contribution in [2.75, 3.05) is 17.7 Å². The van der Waals surface area contributed by atoms with Crippen LogP contribution in [-0.4, -0.2) is 23.1 Å². The molecule has 1 aromatic rings. The van der Waals surface area contributed by atoms with E-state index in [1.807, 2.05) is 7.05 Å². The van der Waals surface area contributed by atoms with E-state index in [1.54, 1.807) is 6.33 Å².